The topological polar surface area (TPSA) is 73.2 Å². The SMILES string of the molecule is CCN(C(=O)/C=C/c1cccc(C(F)(F)F)c1)C1CCC2(O)[C@H]3Cc4ccc(O)c5c4[C@@]2(CCN3CC2CC2)C1O5. The van der Waals surface area contributed by atoms with Gasteiger partial charge in [0.2, 0.25) is 5.91 Å². The van der Waals surface area contributed by atoms with Crippen molar-refractivity contribution < 1.29 is 32.9 Å². The van der Waals surface area contributed by atoms with Gasteiger partial charge in [-0.15, -0.1) is 0 Å². The van der Waals surface area contributed by atoms with Gasteiger partial charge in [-0.1, -0.05) is 18.2 Å². The summed E-state index contributed by atoms with van der Waals surface area (Å²) < 4.78 is 46.2. The van der Waals surface area contributed by atoms with E-state index in [0.29, 0.717) is 43.9 Å². The number of hydrogen-bond donors (Lipinski definition) is 2. The third kappa shape index (κ3) is 3.95. The molecule has 3 unspecified atom stereocenters. The zero-order valence-electron chi connectivity index (χ0n) is 23.0. The Morgan fingerprint density at radius 1 is 1.20 bits per heavy atom. The monoisotopic (exact) mass is 568 g/mol. The van der Waals surface area contributed by atoms with Gasteiger partial charge in [-0.2, -0.15) is 13.2 Å². The van der Waals surface area contributed by atoms with E-state index < -0.39 is 28.9 Å². The van der Waals surface area contributed by atoms with E-state index >= 15 is 0 Å². The van der Waals surface area contributed by atoms with E-state index in [2.05, 4.69) is 4.90 Å². The Kier molecular flexibility index (Phi) is 6.04. The number of ether oxygens (including phenoxy) is 1. The first-order valence-corrected chi connectivity index (χ1v) is 14.7. The Bertz CT molecular complexity index is 1420. The fraction of sp³-hybridized carbons (Fsp3) is 0.531. The molecule has 3 fully saturated rings. The van der Waals surface area contributed by atoms with E-state index in [1.807, 2.05) is 13.0 Å². The van der Waals surface area contributed by atoms with Gasteiger partial charge in [-0.05, 0) is 93.3 Å². The molecule has 1 spiro atoms. The molecule has 3 aliphatic carbocycles. The number of carbonyl (C=O) groups excluding carboxylic acids is 1. The third-order valence-corrected chi connectivity index (χ3v) is 10.4. The number of benzene rings is 2. The summed E-state index contributed by atoms with van der Waals surface area (Å²) >= 11 is 0. The predicted molar refractivity (Wildman–Crippen MR) is 146 cm³/mol. The molecule has 5 aliphatic rings. The van der Waals surface area contributed by atoms with Gasteiger partial charge in [0, 0.05) is 30.8 Å². The van der Waals surface area contributed by atoms with E-state index in [1.165, 1.54) is 37.1 Å². The summed E-state index contributed by atoms with van der Waals surface area (Å²) in [5, 5.41) is 23.5. The molecule has 9 heteroatoms. The number of hydrogen-bond acceptors (Lipinski definition) is 5. The summed E-state index contributed by atoms with van der Waals surface area (Å²) in [6, 6.07) is 8.10. The number of halogens is 3. The number of rotatable bonds is 6. The van der Waals surface area contributed by atoms with E-state index in [9.17, 15) is 28.2 Å². The molecule has 0 aromatic heterocycles. The van der Waals surface area contributed by atoms with Crippen molar-refractivity contribution >= 4 is 12.0 Å². The fourth-order valence-electron chi connectivity index (χ4n) is 8.41. The fourth-order valence-corrected chi connectivity index (χ4v) is 8.41. The Labute approximate surface area is 237 Å². The standard InChI is InChI=1S/C32H35F3N2O4/c1-2-37(26(39)11-8-19-4-3-5-22(16-19)32(33,34)35)23-12-13-31(40)25-17-21-9-10-24(38)28-27(21)30(31,29(23)41-28)14-15-36(25)18-20-6-7-20/h3-5,8-11,16,20,23,25,29,38,40H,2,6-7,12-15,17-18H2,1H3/b11-8+/t23?,25-,29?,30+,31?/m1/s1. The second kappa shape index (κ2) is 9.23. The molecule has 0 radical (unpaired) electrons. The van der Waals surface area contributed by atoms with Crippen molar-refractivity contribution in [3.8, 4) is 11.5 Å². The zero-order valence-corrected chi connectivity index (χ0v) is 23.0. The molecule has 41 heavy (non-hydrogen) atoms. The highest BCUT2D eigenvalue weighted by Crippen LogP contribution is 2.66. The van der Waals surface area contributed by atoms with Gasteiger partial charge in [0.15, 0.2) is 11.5 Å². The highest BCUT2D eigenvalue weighted by molar-refractivity contribution is 5.92. The van der Waals surface area contributed by atoms with Crippen LogP contribution in [0.2, 0.25) is 0 Å². The Balaban J connectivity index is 1.23. The van der Waals surface area contributed by atoms with Crippen molar-refractivity contribution in [2.75, 3.05) is 19.6 Å². The second-order valence-electron chi connectivity index (χ2n) is 12.5. The maximum Gasteiger partial charge on any atom is 0.416 e. The number of aromatic hydroxyl groups is 1. The minimum absolute atomic E-state index is 0.0475. The number of phenols is 1. The summed E-state index contributed by atoms with van der Waals surface area (Å²) in [5.74, 6) is 0.841. The molecule has 2 aromatic rings. The van der Waals surface area contributed by atoms with Crippen LogP contribution in [0.4, 0.5) is 13.2 Å². The number of phenolic OH excluding ortho intramolecular Hbond substituents is 1. The predicted octanol–water partition coefficient (Wildman–Crippen LogP) is 4.91. The first-order valence-electron chi connectivity index (χ1n) is 14.7. The average molecular weight is 569 g/mol. The molecule has 7 rings (SSSR count). The minimum atomic E-state index is -4.47. The number of alkyl halides is 3. The van der Waals surface area contributed by atoms with Crippen molar-refractivity contribution in [3.63, 3.8) is 0 Å². The van der Waals surface area contributed by atoms with Crippen LogP contribution in [0.15, 0.2) is 42.5 Å². The first kappa shape index (κ1) is 26.8. The number of nitrogens with zero attached hydrogens (tertiary/aromatic N) is 2. The van der Waals surface area contributed by atoms with Crippen LogP contribution in [0.5, 0.6) is 11.5 Å². The summed E-state index contributed by atoms with van der Waals surface area (Å²) in [6.07, 6.45) is 2.59. The molecule has 2 aliphatic heterocycles. The lowest BCUT2D eigenvalue weighted by atomic mass is 9.48. The lowest BCUT2D eigenvalue weighted by Gasteiger charge is -2.64. The van der Waals surface area contributed by atoms with Crippen LogP contribution in [0.3, 0.4) is 0 Å². The van der Waals surface area contributed by atoms with Crippen molar-refractivity contribution in [1.82, 2.24) is 9.80 Å². The van der Waals surface area contributed by atoms with Crippen molar-refractivity contribution in [2.45, 2.75) is 80.8 Å². The molecule has 218 valence electrons. The maximum absolute atomic E-state index is 13.6. The van der Waals surface area contributed by atoms with Crippen LogP contribution in [-0.4, -0.2) is 69.3 Å². The first-order chi connectivity index (χ1) is 19.6. The summed E-state index contributed by atoms with van der Waals surface area (Å²) in [6.45, 7) is 4.05. The highest BCUT2D eigenvalue weighted by atomic mass is 19.4. The van der Waals surface area contributed by atoms with Gasteiger partial charge in [-0.3, -0.25) is 9.69 Å². The minimum Gasteiger partial charge on any atom is -0.504 e. The number of likely N-dealkylation sites (N-methyl/N-ethyl adjacent to an activating group) is 1. The van der Waals surface area contributed by atoms with Crippen LogP contribution >= 0.6 is 0 Å². The lowest BCUT2D eigenvalue weighted by molar-refractivity contribution is -0.201. The smallest absolute Gasteiger partial charge is 0.416 e. The summed E-state index contributed by atoms with van der Waals surface area (Å²) in [7, 11) is 0. The Morgan fingerprint density at radius 2 is 2.00 bits per heavy atom. The molecule has 2 saturated carbocycles. The van der Waals surface area contributed by atoms with E-state index in [4.69, 9.17) is 4.74 Å². The molecule has 6 nitrogen and oxygen atoms in total. The van der Waals surface area contributed by atoms with Gasteiger partial charge < -0.3 is 19.8 Å². The molecule has 1 saturated heterocycles. The van der Waals surface area contributed by atoms with Crippen molar-refractivity contribution in [2.24, 2.45) is 5.92 Å². The second-order valence-corrected chi connectivity index (χ2v) is 12.5. The van der Waals surface area contributed by atoms with Gasteiger partial charge in [-0.25, -0.2) is 0 Å². The van der Waals surface area contributed by atoms with Crippen LogP contribution < -0.4 is 4.74 Å². The van der Waals surface area contributed by atoms with Crippen LogP contribution in [0.25, 0.3) is 6.08 Å². The van der Waals surface area contributed by atoms with Crippen molar-refractivity contribution in [1.29, 1.82) is 0 Å². The number of aliphatic hydroxyl groups is 1. The lowest BCUT2D eigenvalue weighted by Crippen LogP contribution is -2.78. The Hall–Kier alpha value is -3.04. The van der Waals surface area contributed by atoms with Gasteiger partial charge in [0.1, 0.15) is 6.10 Å². The van der Waals surface area contributed by atoms with Crippen LogP contribution in [0, 0.1) is 5.92 Å². The Morgan fingerprint density at radius 3 is 2.73 bits per heavy atom. The molecular weight excluding hydrogens is 533 g/mol. The van der Waals surface area contributed by atoms with E-state index in [0.717, 1.165) is 36.3 Å². The van der Waals surface area contributed by atoms with Gasteiger partial charge in [0.05, 0.1) is 22.6 Å². The number of amides is 1. The third-order valence-electron chi connectivity index (χ3n) is 10.4. The number of piperidine rings is 1. The van der Waals surface area contributed by atoms with E-state index in [-0.39, 0.29) is 29.3 Å². The zero-order chi connectivity index (χ0) is 28.7. The molecule has 5 atom stereocenters. The van der Waals surface area contributed by atoms with Crippen LogP contribution in [0.1, 0.15) is 61.3 Å². The molecule has 2 bridgehead atoms. The normalized spacial score (nSPS) is 32.1. The summed E-state index contributed by atoms with van der Waals surface area (Å²) in [4.78, 5) is 17.8. The summed E-state index contributed by atoms with van der Waals surface area (Å²) in [5.41, 5.74) is -0.282. The molecular formula is C32H35F3N2O4. The largest absolute Gasteiger partial charge is 0.504 e. The van der Waals surface area contributed by atoms with Gasteiger partial charge >= 0.3 is 6.18 Å². The van der Waals surface area contributed by atoms with Crippen LogP contribution in [-0.2, 0) is 22.8 Å². The quantitative estimate of drug-likeness (QED) is 0.485. The molecule has 1 amide bonds. The average Bonchev–Trinajstić information content (AvgIpc) is 3.68. The van der Waals surface area contributed by atoms with Gasteiger partial charge in [0.25, 0.3) is 0 Å². The highest BCUT2D eigenvalue weighted by Gasteiger charge is 2.73. The van der Waals surface area contributed by atoms with Crippen molar-refractivity contribution in [3.05, 3.63) is 64.7 Å². The number of likely N-dealkylation sites (tertiary alicyclic amines) is 1. The van der Waals surface area contributed by atoms with E-state index in [1.54, 1.807) is 11.0 Å². The molecule has 2 aromatic carbocycles. The maximum atomic E-state index is 13.6. The number of carbonyl (C=O) groups is 1. The molecule has 2 heterocycles. The molecule has 2 N–H and O–H groups in total.